The van der Waals surface area contributed by atoms with Crippen molar-refractivity contribution in [2.45, 2.75) is 6.92 Å². The number of carbonyl (C=O) groups is 1. The van der Waals surface area contributed by atoms with Gasteiger partial charge < -0.3 is 0 Å². The van der Waals surface area contributed by atoms with Gasteiger partial charge in [-0.25, -0.2) is 0 Å². The minimum atomic E-state index is 0.0251. The molecule has 0 radical (unpaired) electrons. The van der Waals surface area contributed by atoms with Crippen LogP contribution in [0.15, 0.2) is 84.9 Å². The van der Waals surface area contributed by atoms with Gasteiger partial charge in [0.2, 0.25) is 0 Å². The lowest BCUT2D eigenvalue weighted by Crippen LogP contribution is -1.93. The molecule has 1 nitrogen and oxygen atoms in total. The summed E-state index contributed by atoms with van der Waals surface area (Å²) in [6, 6.07) is 26.1. The van der Waals surface area contributed by atoms with E-state index in [1.165, 1.54) is 11.1 Å². The van der Waals surface area contributed by atoms with Crippen LogP contribution in [-0.2, 0) is 0 Å². The van der Waals surface area contributed by atoms with Gasteiger partial charge in [-0.3, -0.25) is 4.79 Å². The average Bonchev–Trinajstić information content (AvgIpc) is 2.61. The third-order valence-corrected chi connectivity index (χ3v) is 3.78. The smallest absolute Gasteiger partial charge is 0.185 e. The number of carbonyl (C=O) groups excluding carboxylic acids is 1. The highest BCUT2D eigenvalue weighted by atomic mass is 16.1. The predicted molar refractivity (Wildman–Crippen MR) is 96.4 cm³/mol. The van der Waals surface area contributed by atoms with E-state index in [2.05, 4.69) is 24.3 Å². The average molecular weight is 298 g/mol. The zero-order valence-corrected chi connectivity index (χ0v) is 13.1. The first-order valence-corrected chi connectivity index (χ1v) is 7.67. The van der Waals surface area contributed by atoms with E-state index in [1.807, 2.05) is 67.6 Å². The quantitative estimate of drug-likeness (QED) is 0.455. The zero-order chi connectivity index (χ0) is 16.1. The number of rotatable bonds is 4. The van der Waals surface area contributed by atoms with Crippen molar-refractivity contribution < 1.29 is 4.79 Å². The first kappa shape index (κ1) is 15.0. The number of ketones is 1. The van der Waals surface area contributed by atoms with E-state index >= 15 is 0 Å². The molecule has 0 fully saturated rings. The normalized spacial score (nSPS) is 10.8. The Morgan fingerprint density at radius 2 is 1.35 bits per heavy atom. The van der Waals surface area contributed by atoms with Gasteiger partial charge in [-0.1, -0.05) is 90.5 Å². The van der Waals surface area contributed by atoms with E-state index in [0.717, 1.165) is 11.1 Å². The molecule has 1 heteroatoms. The second kappa shape index (κ2) is 6.89. The molecule has 3 aromatic rings. The minimum absolute atomic E-state index is 0.0251. The number of aryl methyl sites for hydroxylation is 1. The fourth-order valence-corrected chi connectivity index (χ4v) is 2.40. The lowest BCUT2D eigenvalue weighted by atomic mass is 10.0. The molecule has 0 heterocycles. The van der Waals surface area contributed by atoms with Crippen molar-refractivity contribution in [2.24, 2.45) is 0 Å². The van der Waals surface area contributed by atoms with Gasteiger partial charge in [-0.15, -0.1) is 0 Å². The summed E-state index contributed by atoms with van der Waals surface area (Å²) in [5.74, 6) is 0.0251. The van der Waals surface area contributed by atoms with Gasteiger partial charge in [0.15, 0.2) is 5.78 Å². The summed E-state index contributed by atoms with van der Waals surface area (Å²) < 4.78 is 0. The molecule has 3 rings (SSSR count). The highest BCUT2D eigenvalue weighted by Gasteiger charge is 2.01. The van der Waals surface area contributed by atoms with Crippen LogP contribution in [0.4, 0.5) is 0 Å². The Morgan fingerprint density at radius 3 is 2.00 bits per heavy atom. The Balaban J connectivity index is 1.73. The molecule has 0 atom stereocenters. The minimum Gasteiger partial charge on any atom is -0.289 e. The van der Waals surface area contributed by atoms with Crippen LogP contribution in [0, 0.1) is 6.92 Å². The van der Waals surface area contributed by atoms with Crippen molar-refractivity contribution >= 4 is 11.9 Å². The Kier molecular flexibility index (Phi) is 4.49. The van der Waals surface area contributed by atoms with Crippen molar-refractivity contribution in [3.63, 3.8) is 0 Å². The molecule has 23 heavy (non-hydrogen) atoms. The van der Waals surface area contributed by atoms with Gasteiger partial charge in [0.05, 0.1) is 0 Å². The zero-order valence-electron chi connectivity index (χ0n) is 13.1. The van der Waals surface area contributed by atoms with Gasteiger partial charge in [-0.05, 0) is 29.7 Å². The summed E-state index contributed by atoms with van der Waals surface area (Å²) in [6.45, 7) is 2.01. The Labute approximate surface area is 136 Å². The summed E-state index contributed by atoms with van der Waals surface area (Å²) >= 11 is 0. The van der Waals surface area contributed by atoms with Crippen molar-refractivity contribution in [2.75, 3.05) is 0 Å². The molecule has 0 saturated heterocycles. The lowest BCUT2D eigenvalue weighted by Gasteiger charge is -2.02. The summed E-state index contributed by atoms with van der Waals surface area (Å²) in [4.78, 5) is 12.1. The molecule has 0 aliphatic heterocycles. The van der Waals surface area contributed by atoms with Gasteiger partial charge in [-0.2, -0.15) is 0 Å². The van der Waals surface area contributed by atoms with Crippen molar-refractivity contribution in [3.05, 3.63) is 102 Å². The fraction of sp³-hybridized carbons (Fsp3) is 0.0455. The maximum atomic E-state index is 12.1. The molecule has 0 bridgehead atoms. The van der Waals surface area contributed by atoms with Gasteiger partial charge in [0.1, 0.15) is 0 Å². The molecule has 0 unspecified atom stereocenters. The van der Waals surface area contributed by atoms with Crippen LogP contribution < -0.4 is 0 Å². The highest BCUT2D eigenvalue weighted by molar-refractivity contribution is 6.06. The van der Waals surface area contributed by atoms with Crippen LogP contribution in [-0.4, -0.2) is 5.78 Å². The third kappa shape index (κ3) is 3.83. The lowest BCUT2D eigenvalue weighted by molar-refractivity contribution is 0.104. The largest absolute Gasteiger partial charge is 0.289 e. The predicted octanol–water partition coefficient (Wildman–Crippen LogP) is 5.56. The molecule has 3 aromatic carbocycles. The summed E-state index contributed by atoms with van der Waals surface area (Å²) in [5.41, 5.74) is 5.26. The molecular weight excluding hydrogens is 280 g/mol. The number of benzene rings is 3. The summed E-state index contributed by atoms with van der Waals surface area (Å²) in [6.07, 6.45) is 3.49. The molecular formula is C22H18O. The van der Waals surface area contributed by atoms with Crippen LogP contribution in [0.25, 0.3) is 17.2 Å². The topological polar surface area (TPSA) is 17.1 Å². The van der Waals surface area contributed by atoms with Crippen molar-refractivity contribution in [1.29, 1.82) is 0 Å². The monoisotopic (exact) mass is 298 g/mol. The molecule has 0 saturated carbocycles. The number of hydrogen-bond donors (Lipinski definition) is 0. The second-order valence-electron chi connectivity index (χ2n) is 5.55. The van der Waals surface area contributed by atoms with E-state index in [4.69, 9.17) is 0 Å². The van der Waals surface area contributed by atoms with Gasteiger partial charge in [0, 0.05) is 5.56 Å². The van der Waals surface area contributed by atoms with E-state index in [9.17, 15) is 4.79 Å². The van der Waals surface area contributed by atoms with Gasteiger partial charge >= 0.3 is 0 Å². The Morgan fingerprint density at radius 1 is 0.739 bits per heavy atom. The standard InChI is InChI=1S/C22H18O/c1-17-7-12-21(13-8-17)22(23)16-11-18-9-14-20(15-10-18)19-5-3-2-4-6-19/h2-16H,1H3. The van der Waals surface area contributed by atoms with E-state index < -0.39 is 0 Å². The van der Waals surface area contributed by atoms with Crippen LogP contribution in [0.2, 0.25) is 0 Å². The molecule has 112 valence electrons. The van der Waals surface area contributed by atoms with Crippen LogP contribution in [0.5, 0.6) is 0 Å². The molecule has 0 aromatic heterocycles. The second-order valence-corrected chi connectivity index (χ2v) is 5.55. The summed E-state index contributed by atoms with van der Waals surface area (Å²) in [5, 5.41) is 0. The van der Waals surface area contributed by atoms with Crippen molar-refractivity contribution in [1.82, 2.24) is 0 Å². The first-order valence-electron chi connectivity index (χ1n) is 7.67. The maximum absolute atomic E-state index is 12.1. The number of hydrogen-bond acceptors (Lipinski definition) is 1. The first-order chi connectivity index (χ1) is 11.2. The maximum Gasteiger partial charge on any atom is 0.185 e. The van der Waals surface area contributed by atoms with Crippen LogP contribution in [0.1, 0.15) is 21.5 Å². The fourth-order valence-electron chi connectivity index (χ4n) is 2.40. The van der Waals surface area contributed by atoms with Gasteiger partial charge in [0.25, 0.3) is 0 Å². The van der Waals surface area contributed by atoms with E-state index in [1.54, 1.807) is 6.08 Å². The SMILES string of the molecule is Cc1ccc(C(=O)C=Cc2ccc(-c3ccccc3)cc2)cc1. The Bertz CT molecular complexity index is 810. The molecule has 0 spiro atoms. The van der Waals surface area contributed by atoms with E-state index in [-0.39, 0.29) is 5.78 Å². The highest BCUT2D eigenvalue weighted by Crippen LogP contribution is 2.19. The number of allylic oxidation sites excluding steroid dienone is 1. The van der Waals surface area contributed by atoms with Crippen LogP contribution in [0.3, 0.4) is 0 Å². The van der Waals surface area contributed by atoms with Crippen LogP contribution >= 0.6 is 0 Å². The molecule has 0 N–H and O–H groups in total. The molecule has 0 aliphatic rings. The Hall–Kier alpha value is -2.93. The third-order valence-electron chi connectivity index (χ3n) is 3.78. The summed E-state index contributed by atoms with van der Waals surface area (Å²) in [7, 11) is 0. The van der Waals surface area contributed by atoms with Crippen molar-refractivity contribution in [3.8, 4) is 11.1 Å². The molecule has 0 amide bonds. The van der Waals surface area contributed by atoms with E-state index in [0.29, 0.717) is 5.56 Å². The molecule has 0 aliphatic carbocycles.